The molecule has 0 fully saturated rings. The molecule has 1 aromatic heterocycles. The van der Waals surface area contributed by atoms with Crippen molar-refractivity contribution in [2.24, 2.45) is 0 Å². The van der Waals surface area contributed by atoms with Crippen LogP contribution in [0.5, 0.6) is 23.3 Å². The van der Waals surface area contributed by atoms with Gasteiger partial charge in [0.25, 0.3) is 0 Å². The largest absolute Gasteiger partial charge is 0.494 e. The van der Waals surface area contributed by atoms with Crippen molar-refractivity contribution in [1.82, 2.24) is 4.98 Å². The molecule has 0 atom stereocenters. The minimum atomic E-state index is 0.385. The number of anilines is 1. The molecule has 2 rings (SSSR count). The molecule has 0 radical (unpaired) electrons. The quantitative estimate of drug-likeness (QED) is 0.875. The lowest BCUT2D eigenvalue weighted by atomic mass is 10.3. The summed E-state index contributed by atoms with van der Waals surface area (Å²) in [5.74, 6) is 2.30. The van der Waals surface area contributed by atoms with Gasteiger partial charge < -0.3 is 19.9 Å². The smallest absolute Gasteiger partial charge is 0.240 e. The Kier molecular flexibility index (Phi) is 4.65. The summed E-state index contributed by atoms with van der Waals surface area (Å²) in [6.07, 6.45) is 0. The van der Waals surface area contributed by atoms with E-state index in [9.17, 15) is 0 Å². The molecule has 5 heteroatoms. The van der Waals surface area contributed by atoms with Crippen LogP contribution in [0, 0.1) is 0 Å². The fourth-order valence-corrected chi connectivity index (χ4v) is 1.63. The first-order valence-electron chi connectivity index (χ1n) is 6.53. The summed E-state index contributed by atoms with van der Waals surface area (Å²) < 4.78 is 16.4. The molecule has 0 unspecified atom stereocenters. The Bertz CT molecular complexity index is 556. The number of nitrogens with two attached hydrogens (primary N) is 1. The zero-order valence-electron chi connectivity index (χ0n) is 11.6. The number of aromatic nitrogens is 1. The summed E-state index contributed by atoms with van der Waals surface area (Å²) in [6, 6.07) is 10.8. The van der Waals surface area contributed by atoms with Crippen LogP contribution in [0.15, 0.2) is 36.4 Å². The summed E-state index contributed by atoms with van der Waals surface area (Å²) >= 11 is 0. The van der Waals surface area contributed by atoms with Crippen molar-refractivity contribution < 1.29 is 14.2 Å². The van der Waals surface area contributed by atoms with Gasteiger partial charge in [0.1, 0.15) is 11.5 Å². The molecule has 0 saturated carbocycles. The van der Waals surface area contributed by atoms with Crippen LogP contribution >= 0.6 is 0 Å². The zero-order chi connectivity index (χ0) is 14.4. The molecule has 1 heterocycles. The van der Waals surface area contributed by atoms with Crippen molar-refractivity contribution >= 4 is 5.69 Å². The lowest BCUT2D eigenvalue weighted by Crippen LogP contribution is -2.00. The number of hydrogen-bond acceptors (Lipinski definition) is 5. The van der Waals surface area contributed by atoms with Crippen molar-refractivity contribution in [2.75, 3.05) is 18.9 Å². The number of pyridine rings is 1. The van der Waals surface area contributed by atoms with Crippen LogP contribution in [0.4, 0.5) is 5.69 Å². The van der Waals surface area contributed by atoms with Gasteiger partial charge in [0, 0.05) is 6.07 Å². The van der Waals surface area contributed by atoms with E-state index in [0.29, 0.717) is 36.4 Å². The average Bonchev–Trinajstić information content (AvgIpc) is 2.45. The lowest BCUT2D eigenvalue weighted by Gasteiger charge is -2.09. The summed E-state index contributed by atoms with van der Waals surface area (Å²) in [4.78, 5) is 4.22. The first kappa shape index (κ1) is 14.0. The topological polar surface area (TPSA) is 66.6 Å². The highest BCUT2D eigenvalue weighted by Gasteiger charge is 2.06. The van der Waals surface area contributed by atoms with Gasteiger partial charge in [-0.15, -0.1) is 0 Å². The van der Waals surface area contributed by atoms with Gasteiger partial charge in [-0.25, -0.2) is 0 Å². The van der Waals surface area contributed by atoms with Crippen molar-refractivity contribution in [3.63, 3.8) is 0 Å². The van der Waals surface area contributed by atoms with Gasteiger partial charge in [0.2, 0.25) is 11.8 Å². The SMILES string of the molecule is CCOc1ccc(Oc2ccc(N)c(OCC)n2)cc1. The van der Waals surface area contributed by atoms with Crippen molar-refractivity contribution in [3.8, 4) is 23.3 Å². The molecular formula is C15H18N2O3. The minimum Gasteiger partial charge on any atom is -0.494 e. The summed E-state index contributed by atoms with van der Waals surface area (Å²) in [7, 11) is 0. The highest BCUT2D eigenvalue weighted by atomic mass is 16.5. The average molecular weight is 274 g/mol. The molecule has 0 amide bonds. The van der Waals surface area contributed by atoms with Crippen molar-refractivity contribution in [1.29, 1.82) is 0 Å². The molecule has 0 aliphatic heterocycles. The minimum absolute atomic E-state index is 0.385. The molecule has 0 aliphatic rings. The van der Waals surface area contributed by atoms with Crippen LogP contribution in [-0.2, 0) is 0 Å². The first-order chi connectivity index (χ1) is 9.72. The number of nitrogen functional groups attached to an aromatic ring is 1. The molecule has 0 bridgehead atoms. The molecule has 20 heavy (non-hydrogen) atoms. The van der Waals surface area contributed by atoms with Crippen LogP contribution in [0.25, 0.3) is 0 Å². The molecule has 0 spiro atoms. The van der Waals surface area contributed by atoms with Gasteiger partial charge in [-0.3, -0.25) is 0 Å². The van der Waals surface area contributed by atoms with E-state index in [4.69, 9.17) is 19.9 Å². The van der Waals surface area contributed by atoms with E-state index in [1.54, 1.807) is 12.1 Å². The Morgan fingerprint density at radius 2 is 1.55 bits per heavy atom. The Hall–Kier alpha value is -2.43. The van der Waals surface area contributed by atoms with Crippen molar-refractivity contribution in [3.05, 3.63) is 36.4 Å². The third kappa shape index (κ3) is 3.54. The Balaban J connectivity index is 2.11. The second-order valence-corrected chi connectivity index (χ2v) is 3.98. The highest BCUT2D eigenvalue weighted by Crippen LogP contribution is 2.27. The van der Waals surface area contributed by atoms with Gasteiger partial charge >= 0.3 is 0 Å². The van der Waals surface area contributed by atoms with Crippen LogP contribution in [0.3, 0.4) is 0 Å². The molecule has 0 saturated heterocycles. The molecule has 1 aromatic carbocycles. The molecule has 2 aromatic rings. The number of nitrogens with zero attached hydrogens (tertiary/aromatic N) is 1. The maximum Gasteiger partial charge on any atom is 0.240 e. The molecule has 2 N–H and O–H groups in total. The molecule has 106 valence electrons. The van der Waals surface area contributed by atoms with Gasteiger partial charge in [0.15, 0.2) is 0 Å². The Labute approximate surface area is 118 Å². The molecular weight excluding hydrogens is 256 g/mol. The van der Waals surface area contributed by atoms with E-state index >= 15 is 0 Å². The van der Waals surface area contributed by atoms with Crippen LogP contribution < -0.4 is 19.9 Å². The third-order valence-electron chi connectivity index (χ3n) is 2.50. The standard InChI is InChI=1S/C15H18N2O3/c1-3-18-11-5-7-12(8-6-11)20-14-10-9-13(16)15(17-14)19-4-2/h5-10H,3-4,16H2,1-2H3. The van der Waals surface area contributed by atoms with Gasteiger partial charge in [-0.1, -0.05) is 0 Å². The van der Waals surface area contributed by atoms with Crippen LogP contribution in [0.2, 0.25) is 0 Å². The molecule has 5 nitrogen and oxygen atoms in total. The van der Waals surface area contributed by atoms with Crippen LogP contribution in [-0.4, -0.2) is 18.2 Å². The van der Waals surface area contributed by atoms with E-state index in [0.717, 1.165) is 5.75 Å². The van der Waals surface area contributed by atoms with E-state index in [-0.39, 0.29) is 0 Å². The van der Waals surface area contributed by atoms with E-state index in [2.05, 4.69) is 4.98 Å². The third-order valence-corrected chi connectivity index (χ3v) is 2.50. The number of rotatable bonds is 6. The Morgan fingerprint density at radius 1 is 0.900 bits per heavy atom. The predicted octanol–water partition coefficient (Wildman–Crippen LogP) is 3.25. The Morgan fingerprint density at radius 3 is 2.20 bits per heavy atom. The fourth-order valence-electron chi connectivity index (χ4n) is 1.63. The second-order valence-electron chi connectivity index (χ2n) is 3.98. The monoisotopic (exact) mass is 274 g/mol. The first-order valence-corrected chi connectivity index (χ1v) is 6.53. The van der Waals surface area contributed by atoms with Crippen molar-refractivity contribution in [2.45, 2.75) is 13.8 Å². The highest BCUT2D eigenvalue weighted by molar-refractivity contribution is 5.49. The molecule has 0 aliphatic carbocycles. The van der Waals surface area contributed by atoms with Gasteiger partial charge in [-0.05, 0) is 44.2 Å². The summed E-state index contributed by atoms with van der Waals surface area (Å²) in [5, 5.41) is 0. The zero-order valence-corrected chi connectivity index (χ0v) is 11.6. The van der Waals surface area contributed by atoms with E-state index in [1.807, 2.05) is 38.1 Å². The maximum absolute atomic E-state index is 5.76. The number of benzene rings is 1. The van der Waals surface area contributed by atoms with Gasteiger partial charge in [-0.2, -0.15) is 4.98 Å². The predicted molar refractivity (Wildman–Crippen MR) is 77.5 cm³/mol. The number of ether oxygens (including phenoxy) is 3. The second kappa shape index (κ2) is 6.65. The van der Waals surface area contributed by atoms with Crippen LogP contribution in [0.1, 0.15) is 13.8 Å². The van der Waals surface area contributed by atoms with Gasteiger partial charge in [0.05, 0.1) is 18.9 Å². The fraction of sp³-hybridized carbons (Fsp3) is 0.267. The normalized spacial score (nSPS) is 10.1. The van der Waals surface area contributed by atoms with E-state index < -0.39 is 0 Å². The lowest BCUT2D eigenvalue weighted by molar-refractivity contribution is 0.322. The summed E-state index contributed by atoms with van der Waals surface area (Å²) in [6.45, 7) is 4.96. The van der Waals surface area contributed by atoms with E-state index in [1.165, 1.54) is 0 Å². The number of hydrogen-bond donors (Lipinski definition) is 1. The maximum atomic E-state index is 5.76. The summed E-state index contributed by atoms with van der Waals surface area (Å²) in [5.41, 5.74) is 6.25.